The average Bonchev–Trinajstić information content (AvgIpc) is 2.44. The second kappa shape index (κ2) is 6.00. The molecule has 2 N–H and O–H groups in total. The highest BCUT2D eigenvalue weighted by molar-refractivity contribution is 5.93. The van der Waals surface area contributed by atoms with Crippen molar-refractivity contribution in [2.75, 3.05) is 0 Å². The number of H-pyrrole nitrogens is 1. The van der Waals surface area contributed by atoms with Crippen molar-refractivity contribution in [2.24, 2.45) is 0 Å². The molecule has 0 unspecified atom stereocenters. The molecule has 8 heteroatoms. The van der Waals surface area contributed by atoms with Gasteiger partial charge in [0.2, 0.25) is 0 Å². The number of nitrogens with one attached hydrogen (secondary N) is 2. The lowest BCUT2D eigenvalue weighted by molar-refractivity contribution is -0.141. The molecule has 0 bridgehead atoms. The molecule has 4 nitrogen and oxygen atoms in total. The Morgan fingerprint density at radius 1 is 1.18 bits per heavy atom. The summed E-state index contributed by atoms with van der Waals surface area (Å²) < 4.78 is 50.2. The molecule has 0 radical (unpaired) electrons. The Morgan fingerprint density at radius 2 is 1.91 bits per heavy atom. The molecule has 0 saturated carbocycles. The molecule has 1 aromatic carbocycles. The number of alkyl halides is 3. The molecule has 0 aliphatic heterocycles. The van der Waals surface area contributed by atoms with Crippen LogP contribution in [0, 0.1) is 5.82 Å². The Morgan fingerprint density at radius 3 is 2.50 bits per heavy atom. The zero-order chi connectivity index (χ0) is 16.3. The summed E-state index contributed by atoms with van der Waals surface area (Å²) in [5, 5.41) is 2.33. The van der Waals surface area contributed by atoms with Crippen LogP contribution in [0.3, 0.4) is 0 Å². The second-order valence-corrected chi connectivity index (χ2v) is 4.43. The lowest BCUT2D eigenvalue weighted by Gasteiger charge is -2.08. The second-order valence-electron chi connectivity index (χ2n) is 4.43. The monoisotopic (exact) mass is 314 g/mol. The number of aromatic amines is 1. The van der Waals surface area contributed by atoms with Crippen molar-refractivity contribution in [1.29, 1.82) is 0 Å². The van der Waals surface area contributed by atoms with Gasteiger partial charge < -0.3 is 10.3 Å². The highest BCUT2D eigenvalue weighted by atomic mass is 19.4. The lowest BCUT2D eigenvalue weighted by atomic mass is 10.2. The fraction of sp³-hybridized carbons (Fsp3) is 0.143. The first-order chi connectivity index (χ1) is 10.3. The number of aromatic nitrogens is 1. The molecule has 22 heavy (non-hydrogen) atoms. The van der Waals surface area contributed by atoms with Gasteiger partial charge in [0.05, 0.1) is 0 Å². The van der Waals surface area contributed by atoms with Gasteiger partial charge in [0, 0.05) is 6.54 Å². The number of benzene rings is 1. The van der Waals surface area contributed by atoms with E-state index in [1.165, 1.54) is 18.2 Å². The predicted octanol–water partition coefficient (Wildman–Crippen LogP) is 2.46. The third-order valence-corrected chi connectivity index (χ3v) is 2.80. The zero-order valence-electron chi connectivity index (χ0n) is 11.0. The standard InChI is InChI=1S/C14H10F4N2O2/c15-9-3-1-2-8(6-9)7-19-12(21)10-4-5-11(14(16,17)18)20-13(10)22/h1-6H,7H2,(H,19,21)(H,20,22). The van der Waals surface area contributed by atoms with E-state index in [1.807, 2.05) is 0 Å². The molecule has 0 saturated heterocycles. The molecular formula is C14H10F4N2O2. The molecular weight excluding hydrogens is 304 g/mol. The molecule has 1 amide bonds. The Bertz CT molecular complexity index is 753. The summed E-state index contributed by atoms with van der Waals surface area (Å²) in [5.74, 6) is -1.33. The lowest BCUT2D eigenvalue weighted by Crippen LogP contribution is -2.30. The summed E-state index contributed by atoms with van der Waals surface area (Å²) in [6, 6.07) is 6.83. The van der Waals surface area contributed by atoms with E-state index in [0.29, 0.717) is 11.6 Å². The molecule has 2 aromatic rings. The van der Waals surface area contributed by atoms with Crippen LogP contribution in [0.2, 0.25) is 0 Å². The summed E-state index contributed by atoms with van der Waals surface area (Å²) in [6.07, 6.45) is -4.70. The molecule has 0 aliphatic rings. The fourth-order valence-corrected chi connectivity index (χ4v) is 1.74. The highest BCUT2D eigenvalue weighted by Crippen LogP contribution is 2.26. The predicted molar refractivity (Wildman–Crippen MR) is 69.6 cm³/mol. The van der Waals surface area contributed by atoms with Gasteiger partial charge in [-0.2, -0.15) is 13.2 Å². The van der Waals surface area contributed by atoms with Crippen molar-refractivity contribution in [3.63, 3.8) is 0 Å². The third-order valence-electron chi connectivity index (χ3n) is 2.80. The topological polar surface area (TPSA) is 62.0 Å². The van der Waals surface area contributed by atoms with Crippen molar-refractivity contribution < 1.29 is 22.4 Å². The molecule has 1 heterocycles. The number of hydrogen-bond donors (Lipinski definition) is 2. The minimum atomic E-state index is -4.70. The molecule has 1 aromatic heterocycles. The number of rotatable bonds is 3. The highest BCUT2D eigenvalue weighted by Gasteiger charge is 2.32. The number of hydrogen-bond acceptors (Lipinski definition) is 2. The van der Waals surface area contributed by atoms with Crippen LogP contribution in [-0.4, -0.2) is 10.9 Å². The largest absolute Gasteiger partial charge is 0.431 e. The van der Waals surface area contributed by atoms with E-state index in [-0.39, 0.29) is 6.54 Å². The van der Waals surface area contributed by atoms with E-state index < -0.39 is 34.7 Å². The van der Waals surface area contributed by atoms with Crippen LogP contribution < -0.4 is 10.9 Å². The van der Waals surface area contributed by atoms with Gasteiger partial charge in [-0.1, -0.05) is 12.1 Å². The van der Waals surface area contributed by atoms with Crippen molar-refractivity contribution in [2.45, 2.75) is 12.7 Å². The summed E-state index contributed by atoms with van der Waals surface area (Å²) >= 11 is 0. The minimum Gasteiger partial charge on any atom is -0.348 e. The number of amides is 1. The summed E-state index contributed by atoms with van der Waals surface area (Å²) in [7, 11) is 0. The van der Waals surface area contributed by atoms with Crippen molar-refractivity contribution in [3.8, 4) is 0 Å². The summed E-state index contributed by atoms with van der Waals surface area (Å²) in [4.78, 5) is 24.9. The number of carbonyl (C=O) groups excluding carboxylic acids is 1. The Kier molecular flexibility index (Phi) is 4.30. The van der Waals surface area contributed by atoms with E-state index in [0.717, 1.165) is 6.07 Å². The molecule has 0 spiro atoms. The normalized spacial score (nSPS) is 11.3. The van der Waals surface area contributed by atoms with Crippen LogP contribution in [0.25, 0.3) is 0 Å². The Hall–Kier alpha value is -2.64. The van der Waals surface area contributed by atoms with E-state index in [9.17, 15) is 27.2 Å². The molecule has 2 rings (SSSR count). The van der Waals surface area contributed by atoms with Crippen LogP contribution >= 0.6 is 0 Å². The van der Waals surface area contributed by atoms with E-state index in [1.54, 1.807) is 11.1 Å². The Labute approximate surface area is 121 Å². The first-order valence-electron chi connectivity index (χ1n) is 6.10. The van der Waals surface area contributed by atoms with Gasteiger partial charge in [-0.25, -0.2) is 4.39 Å². The van der Waals surface area contributed by atoms with Crippen LogP contribution in [0.1, 0.15) is 21.6 Å². The smallest absolute Gasteiger partial charge is 0.348 e. The van der Waals surface area contributed by atoms with Crippen molar-refractivity contribution in [1.82, 2.24) is 10.3 Å². The van der Waals surface area contributed by atoms with Crippen LogP contribution in [0.5, 0.6) is 0 Å². The third kappa shape index (κ3) is 3.72. The van der Waals surface area contributed by atoms with E-state index >= 15 is 0 Å². The minimum absolute atomic E-state index is 0.0585. The van der Waals surface area contributed by atoms with Crippen LogP contribution in [0.15, 0.2) is 41.2 Å². The number of halogens is 4. The van der Waals surface area contributed by atoms with Gasteiger partial charge in [-0.3, -0.25) is 9.59 Å². The fourth-order valence-electron chi connectivity index (χ4n) is 1.74. The van der Waals surface area contributed by atoms with Gasteiger partial charge in [-0.05, 0) is 29.8 Å². The quantitative estimate of drug-likeness (QED) is 0.855. The zero-order valence-corrected chi connectivity index (χ0v) is 11.0. The van der Waals surface area contributed by atoms with Gasteiger partial charge in [0.25, 0.3) is 11.5 Å². The number of carbonyl (C=O) groups is 1. The van der Waals surface area contributed by atoms with Gasteiger partial charge in [0.15, 0.2) is 0 Å². The maximum Gasteiger partial charge on any atom is 0.431 e. The summed E-state index contributed by atoms with van der Waals surface area (Å²) in [6.45, 7) is -0.0585. The van der Waals surface area contributed by atoms with Gasteiger partial charge in [0.1, 0.15) is 17.1 Å². The first kappa shape index (κ1) is 15.7. The van der Waals surface area contributed by atoms with E-state index in [2.05, 4.69) is 5.32 Å². The average molecular weight is 314 g/mol. The van der Waals surface area contributed by atoms with Gasteiger partial charge >= 0.3 is 6.18 Å². The molecule has 116 valence electrons. The summed E-state index contributed by atoms with van der Waals surface area (Å²) in [5.41, 5.74) is -2.38. The maximum absolute atomic E-state index is 13.0. The Balaban J connectivity index is 2.12. The van der Waals surface area contributed by atoms with Crippen molar-refractivity contribution in [3.05, 3.63) is 69.4 Å². The van der Waals surface area contributed by atoms with E-state index in [4.69, 9.17) is 0 Å². The molecule has 0 fully saturated rings. The number of pyridine rings is 1. The van der Waals surface area contributed by atoms with Crippen LogP contribution in [0.4, 0.5) is 17.6 Å². The van der Waals surface area contributed by atoms with Crippen LogP contribution in [-0.2, 0) is 12.7 Å². The first-order valence-corrected chi connectivity index (χ1v) is 6.10. The SMILES string of the molecule is O=C(NCc1cccc(F)c1)c1ccc(C(F)(F)F)[nH]c1=O. The molecule has 0 atom stereocenters. The van der Waals surface area contributed by atoms with Gasteiger partial charge in [-0.15, -0.1) is 0 Å². The molecule has 0 aliphatic carbocycles. The van der Waals surface area contributed by atoms with Crippen molar-refractivity contribution >= 4 is 5.91 Å². The maximum atomic E-state index is 13.0.